The number of aryl methyl sites for hydroxylation is 1. The van der Waals surface area contributed by atoms with Gasteiger partial charge < -0.3 is 11.1 Å². The summed E-state index contributed by atoms with van der Waals surface area (Å²) < 4.78 is 31.3. The van der Waals surface area contributed by atoms with Crippen LogP contribution in [0, 0.1) is 13.8 Å². The van der Waals surface area contributed by atoms with E-state index in [4.69, 9.17) is 5.73 Å². The van der Waals surface area contributed by atoms with Gasteiger partial charge in [-0.25, -0.2) is 13.8 Å². The number of carbonyl (C=O) groups is 2. The number of anilines is 1. The smallest absolute Gasteiger partial charge is 0.280 e. The molecule has 4 aromatic rings. The van der Waals surface area contributed by atoms with E-state index in [1.807, 2.05) is 13.8 Å². The molecule has 0 radical (unpaired) electrons. The highest BCUT2D eigenvalue weighted by Crippen LogP contribution is 2.43. The maximum absolute atomic E-state index is 13.7. The monoisotopic (exact) mass is 551 g/mol. The third-order valence-corrected chi connectivity index (χ3v) is 7.30. The first-order valence-corrected chi connectivity index (χ1v) is 11.8. The van der Waals surface area contributed by atoms with Crippen molar-refractivity contribution in [3.63, 3.8) is 0 Å². The van der Waals surface area contributed by atoms with Gasteiger partial charge in [-0.15, -0.1) is 11.3 Å². The largest absolute Gasteiger partial charge is 0.365 e. The van der Waals surface area contributed by atoms with Crippen LogP contribution in [0.15, 0.2) is 22.9 Å². The summed E-state index contributed by atoms with van der Waals surface area (Å²) in [6, 6.07) is 1.26. The normalized spacial score (nSPS) is 11.5. The summed E-state index contributed by atoms with van der Waals surface area (Å²) in [7, 11) is 0. The maximum Gasteiger partial charge on any atom is 0.280 e. The second-order valence-corrected chi connectivity index (χ2v) is 9.34. The minimum Gasteiger partial charge on any atom is -0.365 e. The average Bonchev–Trinajstić information content (AvgIpc) is 3.44. The van der Waals surface area contributed by atoms with E-state index in [0.717, 1.165) is 27.2 Å². The van der Waals surface area contributed by atoms with Gasteiger partial charge in [0.2, 0.25) is 5.91 Å². The fourth-order valence-electron chi connectivity index (χ4n) is 3.66. The molecule has 9 nitrogen and oxygen atoms in total. The number of amides is 2. The fraction of sp³-hybridized carbons (Fsp3) is 0.286. The van der Waals surface area contributed by atoms with Crippen LogP contribution in [0.25, 0.3) is 21.3 Å². The van der Waals surface area contributed by atoms with Gasteiger partial charge in [-0.1, -0.05) is 0 Å². The van der Waals surface area contributed by atoms with E-state index in [1.165, 1.54) is 10.7 Å². The Labute approximate surface area is 205 Å². The van der Waals surface area contributed by atoms with Crippen molar-refractivity contribution in [3.8, 4) is 11.1 Å². The predicted molar refractivity (Wildman–Crippen MR) is 128 cm³/mol. The molecule has 3 N–H and O–H groups in total. The molecule has 0 bridgehead atoms. The minimum absolute atomic E-state index is 0.0161. The molecule has 178 valence electrons. The molecule has 0 fully saturated rings. The minimum atomic E-state index is -2.83. The first-order valence-electron chi connectivity index (χ1n) is 10.2. The van der Waals surface area contributed by atoms with E-state index in [9.17, 15) is 18.4 Å². The number of rotatable bonds is 7. The van der Waals surface area contributed by atoms with Gasteiger partial charge in [0.1, 0.15) is 21.9 Å². The van der Waals surface area contributed by atoms with Gasteiger partial charge in [0.15, 0.2) is 0 Å². The molecule has 0 spiro atoms. The van der Waals surface area contributed by atoms with E-state index in [-0.39, 0.29) is 21.9 Å². The van der Waals surface area contributed by atoms with E-state index >= 15 is 0 Å². The van der Waals surface area contributed by atoms with Crippen molar-refractivity contribution in [2.24, 2.45) is 5.73 Å². The highest BCUT2D eigenvalue weighted by atomic mass is 79.9. The molecule has 4 heterocycles. The molecule has 0 unspecified atom stereocenters. The molecule has 0 aliphatic rings. The zero-order chi connectivity index (χ0) is 24.7. The number of carbonyl (C=O) groups excluding carboxylic acids is 2. The molecule has 2 amide bonds. The number of alkyl halides is 2. The Morgan fingerprint density at radius 2 is 1.88 bits per heavy atom. The molecular formula is C21H20BrF2N7O2S. The second kappa shape index (κ2) is 9.22. The predicted octanol–water partition coefficient (Wildman–Crippen LogP) is 4.43. The summed E-state index contributed by atoms with van der Waals surface area (Å²) >= 11 is 4.20. The van der Waals surface area contributed by atoms with E-state index in [0.29, 0.717) is 23.1 Å². The molecule has 13 heteroatoms. The topological polar surface area (TPSA) is 121 Å². The third kappa shape index (κ3) is 4.20. The molecule has 0 atom stereocenters. The van der Waals surface area contributed by atoms with Gasteiger partial charge in [0.25, 0.3) is 12.3 Å². The maximum atomic E-state index is 13.7. The Bertz CT molecular complexity index is 1430. The Kier molecular flexibility index (Phi) is 6.49. The number of aromatic nitrogens is 5. The number of hydrogen-bond donors (Lipinski definition) is 2. The van der Waals surface area contributed by atoms with Crippen LogP contribution in [0.4, 0.5) is 14.5 Å². The molecule has 0 saturated heterocycles. The number of nitrogens with one attached hydrogen (secondary N) is 1. The second-order valence-electron chi connectivity index (χ2n) is 7.49. The number of primary amides is 1. The van der Waals surface area contributed by atoms with Crippen LogP contribution in [-0.4, -0.2) is 36.4 Å². The van der Waals surface area contributed by atoms with Crippen molar-refractivity contribution < 1.29 is 18.4 Å². The quantitative estimate of drug-likeness (QED) is 0.352. The summed E-state index contributed by atoms with van der Waals surface area (Å²) in [6.07, 6.45) is 0.309. The lowest BCUT2D eigenvalue weighted by Crippen LogP contribution is -2.22. The van der Waals surface area contributed by atoms with Crippen LogP contribution in [0.2, 0.25) is 0 Å². The van der Waals surface area contributed by atoms with Crippen molar-refractivity contribution in [2.75, 3.05) is 5.32 Å². The Hall–Kier alpha value is -3.19. The van der Waals surface area contributed by atoms with Gasteiger partial charge in [0.05, 0.1) is 28.2 Å². The number of thiophene rings is 1. The summed E-state index contributed by atoms with van der Waals surface area (Å²) in [5, 5.41) is 11.5. The van der Waals surface area contributed by atoms with Crippen molar-refractivity contribution in [1.29, 1.82) is 0 Å². The zero-order valence-electron chi connectivity index (χ0n) is 18.4. The lowest BCUT2D eigenvalue weighted by molar-refractivity contribution is -0.116. The Morgan fingerprint density at radius 1 is 1.18 bits per heavy atom. The van der Waals surface area contributed by atoms with Crippen LogP contribution in [0.5, 0.6) is 0 Å². The van der Waals surface area contributed by atoms with E-state index in [1.54, 1.807) is 24.0 Å². The lowest BCUT2D eigenvalue weighted by atomic mass is 10.0. The Morgan fingerprint density at radius 3 is 2.44 bits per heavy atom. The number of fused-ring (bicyclic) bond motifs is 1. The van der Waals surface area contributed by atoms with Gasteiger partial charge in [-0.05, 0) is 48.3 Å². The number of nitrogens with two attached hydrogens (primary N) is 1. The van der Waals surface area contributed by atoms with Crippen molar-refractivity contribution in [1.82, 2.24) is 24.5 Å². The first-order chi connectivity index (χ1) is 16.1. The van der Waals surface area contributed by atoms with Crippen molar-refractivity contribution >= 4 is 55.0 Å². The van der Waals surface area contributed by atoms with Crippen molar-refractivity contribution in [3.05, 3.63) is 44.9 Å². The molecule has 0 aromatic carbocycles. The molecule has 0 aliphatic carbocycles. The van der Waals surface area contributed by atoms with E-state index in [2.05, 4.69) is 36.4 Å². The van der Waals surface area contributed by atoms with Crippen LogP contribution in [0.1, 0.15) is 40.1 Å². The molecule has 4 rings (SSSR count). The van der Waals surface area contributed by atoms with E-state index < -0.39 is 23.9 Å². The van der Waals surface area contributed by atoms with Crippen molar-refractivity contribution in [2.45, 2.75) is 40.3 Å². The van der Waals surface area contributed by atoms with Crippen LogP contribution in [-0.2, 0) is 17.9 Å². The SMILES string of the molecule is CCn1ncc(-c2cc(C(F)F)nc3sc(C(N)=O)c(NC(=O)Cn4ncc(Br)c4C)c23)c1C. The summed E-state index contributed by atoms with van der Waals surface area (Å²) in [5.74, 6) is -1.27. The average molecular weight is 552 g/mol. The van der Waals surface area contributed by atoms with Crippen LogP contribution < -0.4 is 11.1 Å². The van der Waals surface area contributed by atoms with Crippen LogP contribution >= 0.6 is 27.3 Å². The molecule has 4 aromatic heterocycles. The number of halogens is 3. The van der Waals surface area contributed by atoms with Gasteiger partial charge in [0, 0.05) is 23.2 Å². The fourth-order valence-corrected chi connectivity index (χ4v) is 4.97. The first kappa shape index (κ1) is 24.0. The molecular weight excluding hydrogens is 532 g/mol. The highest BCUT2D eigenvalue weighted by Gasteiger charge is 2.26. The zero-order valence-corrected chi connectivity index (χ0v) is 20.8. The highest BCUT2D eigenvalue weighted by molar-refractivity contribution is 9.10. The molecule has 34 heavy (non-hydrogen) atoms. The number of hydrogen-bond acceptors (Lipinski definition) is 6. The summed E-state index contributed by atoms with van der Waals surface area (Å²) in [5.41, 5.74) is 7.73. The van der Waals surface area contributed by atoms with Gasteiger partial charge >= 0.3 is 0 Å². The summed E-state index contributed by atoms with van der Waals surface area (Å²) in [6.45, 7) is 5.98. The molecule has 0 saturated carbocycles. The summed E-state index contributed by atoms with van der Waals surface area (Å²) in [4.78, 5) is 29.4. The lowest BCUT2D eigenvalue weighted by Gasteiger charge is -2.11. The third-order valence-electron chi connectivity index (χ3n) is 5.42. The number of nitrogens with zero attached hydrogens (tertiary/aromatic N) is 5. The number of pyridine rings is 1. The standard InChI is InChI=1S/C21H20BrF2N7O2S/c1-4-30-9(2)12(6-26-30)11-5-14(19(23)24)28-21-16(11)17(18(34-21)20(25)33)29-15(32)8-31-10(3)13(22)7-27-31/h5-7,19H,4,8H2,1-3H3,(H2,25,33)(H,29,32). The molecule has 0 aliphatic heterocycles. The van der Waals surface area contributed by atoms with Gasteiger partial charge in [-0.3, -0.25) is 19.0 Å². The Balaban J connectivity index is 1.90. The van der Waals surface area contributed by atoms with Crippen LogP contribution in [0.3, 0.4) is 0 Å². The van der Waals surface area contributed by atoms with Gasteiger partial charge in [-0.2, -0.15) is 10.2 Å².